The highest BCUT2D eigenvalue weighted by molar-refractivity contribution is 6.01. The molecule has 200 valence electrons. The molecule has 0 bridgehead atoms. The van der Waals surface area contributed by atoms with E-state index >= 15 is 0 Å². The number of aryl methyl sites for hydroxylation is 1. The van der Waals surface area contributed by atoms with Crippen molar-refractivity contribution >= 4 is 35.5 Å². The molecule has 12 heteroatoms. The van der Waals surface area contributed by atoms with E-state index in [0.29, 0.717) is 61.5 Å². The minimum Gasteiger partial charge on any atom is -0.381 e. The van der Waals surface area contributed by atoms with Gasteiger partial charge in [-0.2, -0.15) is 5.26 Å². The number of rotatable bonds is 7. The number of carbonyl (C=O) groups is 3. The summed E-state index contributed by atoms with van der Waals surface area (Å²) >= 11 is 0. The number of aldehydes is 1. The van der Waals surface area contributed by atoms with Crippen LogP contribution >= 0.6 is 0 Å². The summed E-state index contributed by atoms with van der Waals surface area (Å²) in [6, 6.07) is 5.15. The van der Waals surface area contributed by atoms with Gasteiger partial charge in [-0.15, -0.1) is 0 Å². The summed E-state index contributed by atoms with van der Waals surface area (Å²) in [5.74, 6) is 0.569. The van der Waals surface area contributed by atoms with E-state index in [1.165, 1.54) is 22.9 Å². The lowest BCUT2D eigenvalue weighted by molar-refractivity contribution is -0.128. The Hall–Kier alpha value is -4.08. The number of hydrogen-bond acceptors (Lipinski definition) is 9. The Morgan fingerprint density at radius 1 is 1.34 bits per heavy atom. The first kappa shape index (κ1) is 27.0. The van der Waals surface area contributed by atoms with Gasteiger partial charge in [0.05, 0.1) is 24.0 Å². The van der Waals surface area contributed by atoms with E-state index in [9.17, 15) is 19.6 Å². The summed E-state index contributed by atoms with van der Waals surface area (Å²) in [7, 11) is 3.69. The van der Waals surface area contributed by atoms with Crippen LogP contribution in [0.2, 0.25) is 0 Å². The average Bonchev–Trinajstić information content (AvgIpc) is 2.91. The van der Waals surface area contributed by atoms with Crippen molar-refractivity contribution in [3.8, 4) is 6.07 Å². The quantitative estimate of drug-likeness (QED) is 0.523. The molecule has 2 N–H and O–H groups in total. The third-order valence-electron chi connectivity index (χ3n) is 6.70. The Morgan fingerprint density at radius 3 is 2.87 bits per heavy atom. The second-order valence-electron chi connectivity index (χ2n) is 9.56. The van der Waals surface area contributed by atoms with Gasteiger partial charge in [0.25, 0.3) is 0 Å². The largest absolute Gasteiger partial charge is 0.381 e. The van der Waals surface area contributed by atoms with Crippen molar-refractivity contribution in [3.05, 3.63) is 40.7 Å². The topological polar surface area (TPSA) is 144 Å². The Morgan fingerprint density at radius 2 is 2.16 bits per heavy atom. The minimum atomic E-state index is -0.440. The van der Waals surface area contributed by atoms with Crippen molar-refractivity contribution in [3.63, 3.8) is 0 Å². The lowest BCUT2D eigenvalue weighted by atomic mass is 10.0. The number of fused-ring (bicyclic) bond motifs is 1. The Bertz CT molecular complexity index is 1260. The van der Waals surface area contributed by atoms with Gasteiger partial charge in [-0.3, -0.25) is 19.8 Å². The lowest BCUT2D eigenvalue weighted by Gasteiger charge is -2.30. The van der Waals surface area contributed by atoms with Gasteiger partial charge in [0, 0.05) is 64.5 Å². The third-order valence-corrected chi connectivity index (χ3v) is 6.70. The zero-order valence-corrected chi connectivity index (χ0v) is 21.9. The number of carbonyl (C=O) groups excluding carboxylic acids is 3. The summed E-state index contributed by atoms with van der Waals surface area (Å²) < 4.78 is 5.78. The zero-order chi connectivity index (χ0) is 27.2. The smallest absolute Gasteiger partial charge is 0.328 e. The maximum Gasteiger partial charge on any atom is 0.328 e. The van der Waals surface area contributed by atoms with Crippen molar-refractivity contribution < 1.29 is 19.1 Å². The van der Waals surface area contributed by atoms with Crippen LogP contribution < -0.4 is 15.5 Å². The van der Waals surface area contributed by atoms with Crippen LogP contribution in [0.4, 0.5) is 22.1 Å². The van der Waals surface area contributed by atoms with Gasteiger partial charge in [-0.05, 0) is 31.5 Å². The number of anilines is 3. The van der Waals surface area contributed by atoms with Crippen LogP contribution in [0, 0.1) is 11.3 Å². The number of nitrogens with zero attached hydrogens (tertiary/aromatic N) is 6. The molecule has 4 rings (SSSR count). The summed E-state index contributed by atoms with van der Waals surface area (Å²) in [5, 5.41) is 15.6. The number of nitriles is 1. The molecule has 0 saturated carbocycles. The van der Waals surface area contributed by atoms with Gasteiger partial charge in [0.2, 0.25) is 5.91 Å². The molecule has 0 radical (unpaired) electrons. The van der Waals surface area contributed by atoms with E-state index < -0.39 is 6.03 Å². The number of urea groups is 1. The van der Waals surface area contributed by atoms with Crippen LogP contribution in [0.15, 0.2) is 18.3 Å². The molecule has 0 spiro atoms. The van der Waals surface area contributed by atoms with Gasteiger partial charge in [-0.25, -0.2) is 14.8 Å². The summed E-state index contributed by atoms with van der Waals surface area (Å²) in [6.45, 7) is 4.95. The van der Waals surface area contributed by atoms with Crippen LogP contribution in [0.3, 0.4) is 0 Å². The van der Waals surface area contributed by atoms with E-state index in [0.717, 1.165) is 18.7 Å². The molecule has 1 unspecified atom stereocenters. The fourth-order valence-electron chi connectivity index (χ4n) is 4.50. The normalized spacial score (nSPS) is 17.2. The minimum absolute atomic E-state index is 0.0189. The maximum absolute atomic E-state index is 13.3. The molecular formula is C26H32N8O4. The number of nitrogens with one attached hydrogen (secondary N) is 2. The summed E-state index contributed by atoms with van der Waals surface area (Å²) in [4.78, 5) is 50.6. The molecule has 2 aliphatic heterocycles. The van der Waals surface area contributed by atoms with Crippen LogP contribution in [-0.4, -0.2) is 91.0 Å². The fraction of sp³-hybridized carbons (Fsp3) is 0.462. The highest BCUT2D eigenvalue weighted by Crippen LogP contribution is 2.28. The number of pyridine rings is 2. The van der Waals surface area contributed by atoms with Crippen LogP contribution in [-0.2, 0) is 22.5 Å². The number of likely N-dealkylation sites (N-methyl/N-ethyl adjacent to an activating group) is 1. The Kier molecular flexibility index (Phi) is 8.50. The van der Waals surface area contributed by atoms with Crippen LogP contribution in [0.1, 0.15) is 40.5 Å². The summed E-state index contributed by atoms with van der Waals surface area (Å²) in [5.41, 5.74) is 2.56. The molecule has 4 heterocycles. The molecule has 1 atom stereocenters. The lowest BCUT2D eigenvalue weighted by Crippen LogP contribution is -2.43. The standard InChI is InChI=1S/C26H32N8O4/c1-17(36)33(3)14-19-9-18-5-4-6-34(25(18)30-23(19)16-35)26(37)31-24-10-22(20(11-27)12-29-24)28-13-21-15-32(2)7-8-38-21/h9-10,12,16,21H,4-8,13-15H2,1-3H3,(H2,28,29,31,37). The van der Waals surface area contributed by atoms with E-state index in [1.54, 1.807) is 13.1 Å². The molecule has 1 saturated heterocycles. The molecular weight excluding hydrogens is 488 g/mol. The number of aromatic nitrogens is 2. The van der Waals surface area contributed by atoms with E-state index in [1.807, 2.05) is 13.1 Å². The van der Waals surface area contributed by atoms with Crippen LogP contribution in [0.25, 0.3) is 0 Å². The highest BCUT2D eigenvalue weighted by Gasteiger charge is 2.27. The highest BCUT2D eigenvalue weighted by atomic mass is 16.5. The Balaban J connectivity index is 1.50. The van der Waals surface area contributed by atoms with Gasteiger partial charge in [0.15, 0.2) is 6.29 Å². The SMILES string of the molecule is CC(=O)N(C)Cc1cc2c(nc1C=O)N(C(=O)Nc1cc(NCC3CN(C)CCO3)c(C#N)cn1)CCC2. The fourth-order valence-corrected chi connectivity index (χ4v) is 4.50. The second kappa shape index (κ2) is 12.0. The third kappa shape index (κ3) is 6.24. The molecule has 0 aromatic carbocycles. The first-order valence-electron chi connectivity index (χ1n) is 12.5. The molecule has 3 amide bonds. The second-order valence-corrected chi connectivity index (χ2v) is 9.56. The van der Waals surface area contributed by atoms with E-state index in [2.05, 4.69) is 31.6 Å². The van der Waals surface area contributed by atoms with Gasteiger partial charge in [0.1, 0.15) is 23.4 Å². The van der Waals surface area contributed by atoms with Crippen LogP contribution in [0.5, 0.6) is 0 Å². The monoisotopic (exact) mass is 520 g/mol. The average molecular weight is 521 g/mol. The van der Waals surface area contributed by atoms with Crippen molar-refractivity contribution in [2.45, 2.75) is 32.4 Å². The molecule has 38 heavy (non-hydrogen) atoms. The Labute approximate surface area is 221 Å². The number of ether oxygens (including phenoxy) is 1. The molecule has 2 aliphatic rings. The van der Waals surface area contributed by atoms with Crippen molar-refractivity contribution in [1.29, 1.82) is 5.26 Å². The van der Waals surface area contributed by atoms with E-state index in [4.69, 9.17) is 4.74 Å². The number of hydrogen-bond donors (Lipinski definition) is 2. The number of amides is 3. The van der Waals surface area contributed by atoms with Crippen molar-refractivity contribution in [2.75, 3.05) is 62.4 Å². The zero-order valence-electron chi connectivity index (χ0n) is 21.9. The van der Waals surface area contributed by atoms with E-state index in [-0.39, 0.29) is 30.1 Å². The molecule has 12 nitrogen and oxygen atoms in total. The predicted octanol–water partition coefficient (Wildman–Crippen LogP) is 1.87. The summed E-state index contributed by atoms with van der Waals surface area (Å²) in [6.07, 6.45) is 3.45. The van der Waals surface area contributed by atoms with Crippen molar-refractivity contribution in [1.82, 2.24) is 19.8 Å². The maximum atomic E-state index is 13.3. The van der Waals surface area contributed by atoms with Gasteiger partial charge >= 0.3 is 6.03 Å². The first-order valence-corrected chi connectivity index (χ1v) is 12.5. The first-order chi connectivity index (χ1) is 18.3. The van der Waals surface area contributed by atoms with Gasteiger partial charge in [-0.1, -0.05) is 0 Å². The van der Waals surface area contributed by atoms with Gasteiger partial charge < -0.3 is 19.9 Å². The van der Waals surface area contributed by atoms with Crippen molar-refractivity contribution in [2.24, 2.45) is 0 Å². The molecule has 1 fully saturated rings. The predicted molar refractivity (Wildman–Crippen MR) is 141 cm³/mol. The molecule has 2 aromatic rings. The number of morpholine rings is 1. The molecule has 2 aromatic heterocycles. The molecule has 0 aliphatic carbocycles.